The van der Waals surface area contributed by atoms with Gasteiger partial charge in [-0.1, -0.05) is 40.2 Å². The zero-order chi connectivity index (χ0) is 26.0. The minimum atomic E-state index is -1.71. The summed E-state index contributed by atoms with van der Waals surface area (Å²) in [7, 11) is 0. The van der Waals surface area contributed by atoms with E-state index >= 15 is 0 Å². The summed E-state index contributed by atoms with van der Waals surface area (Å²) in [5.74, 6) is -3.98. The van der Waals surface area contributed by atoms with E-state index in [-0.39, 0.29) is 31.1 Å². The molecule has 3 fully saturated rings. The first-order chi connectivity index (χ1) is 16.3. The molecule has 0 heterocycles. The van der Waals surface area contributed by atoms with Crippen molar-refractivity contribution in [2.45, 2.75) is 89.2 Å². The molecule has 0 amide bonds. The van der Waals surface area contributed by atoms with Gasteiger partial charge in [-0.2, -0.15) is 0 Å². The van der Waals surface area contributed by atoms with Crippen LogP contribution in [-0.4, -0.2) is 45.9 Å². The summed E-state index contributed by atoms with van der Waals surface area (Å²) in [6.07, 6.45) is 4.17. The van der Waals surface area contributed by atoms with E-state index in [4.69, 9.17) is 16.3 Å². The summed E-state index contributed by atoms with van der Waals surface area (Å²) in [4.78, 5) is 36.8. The Labute approximate surface area is 210 Å². The van der Waals surface area contributed by atoms with E-state index in [9.17, 15) is 28.3 Å². The van der Waals surface area contributed by atoms with Crippen LogP contribution < -0.4 is 0 Å². The van der Waals surface area contributed by atoms with Gasteiger partial charge in [0.25, 0.3) is 0 Å². The summed E-state index contributed by atoms with van der Waals surface area (Å²) in [6.45, 7) is 6.00. The number of carbonyl (C=O) groups excluding carboxylic acids is 3. The summed E-state index contributed by atoms with van der Waals surface area (Å²) in [5.41, 5.74) is -3.57. The van der Waals surface area contributed by atoms with Gasteiger partial charge in [0.1, 0.15) is 0 Å². The number of rotatable bonds is 6. The number of halogens is 3. The van der Waals surface area contributed by atoms with E-state index in [2.05, 4.69) is 0 Å². The molecule has 0 aromatic rings. The lowest BCUT2D eigenvalue weighted by Crippen LogP contribution is -2.69. The van der Waals surface area contributed by atoms with Crippen LogP contribution in [0.2, 0.25) is 0 Å². The highest BCUT2D eigenvalue weighted by molar-refractivity contribution is 6.26. The standard InChI is InChI=1S/C27H35ClF2O5/c1-5-6-7-22(34)35-27(21(33)14-29)15(2)12-18-16-8-9-17-23(30)19(31)10-11-24(17,3)26(16,28)20(32)13-25(18,27)4/h10-11,15-16,18,20,32H,5-9,12-14H2,1-4H3/t15?,16-,18-,20?,24-,25-,26-,27-/m0/s1. The van der Waals surface area contributed by atoms with E-state index in [1.165, 1.54) is 6.08 Å². The maximum atomic E-state index is 14.9. The largest absolute Gasteiger partial charge is 0.450 e. The highest BCUT2D eigenvalue weighted by Gasteiger charge is 2.76. The minimum absolute atomic E-state index is 0.0128. The van der Waals surface area contributed by atoms with Gasteiger partial charge in [-0.3, -0.25) is 14.4 Å². The van der Waals surface area contributed by atoms with Crippen molar-refractivity contribution in [3.05, 3.63) is 23.6 Å². The highest BCUT2D eigenvalue weighted by Crippen LogP contribution is 2.72. The van der Waals surface area contributed by atoms with Gasteiger partial charge < -0.3 is 9.84 Å². The molecular weight excluding hydrogens is 478 g/mol. The number of aliphatic hydroxyl groups excluding tert-OH is 1. The maximum Gasteiger partial charge on any atom is 0.306 e. The second kappa shape index (κ2) is 8.76. The number of unbranched alkanes of at least 4 members (excludes halogenated alkanes) is 1. The number of Topliss-reactive ketones (excluding diaryl/α,β-unsaturated/α-hetero) is 1. The van der Waals surface area contributed by atoms with Crippen molar-refractivity contribution < 1.29 is 33.0 Å². The first-order valence-electron chi connectivity index (χ1n) is 12.7. The zero-order valence-electron chi connectivity index (χ0n) is 20.8. The molecule has 0 aromatic carbocycles. The van der Waals surface area contributed by atoms with E-state index in [0.717, 1.165) is 6.42 Å². The predicted octanol–water partition coefficient (Wildman–Crippen LogP) is 5.18. The van der Waals surface area contributed by atoms with E-state index in [1.54, 1.807) is 26.8 Å². The van der Waals surface area contributed by atoms with Crippen LogP contribution in [0.25, 0.3) is 0 Å². The molecular formula is C27H35ClF2O5. The monoisotopic (exact) mass is 512 g/mol. The molecule has 0 aromatic heterocycles. The molecule has 0 bridgehead atoms. The van der Waals surface area contributed by atoms with Gasteiger partial charge >= 0.3 is 5.97 Å². The van der Waals surface area contributed by atoms with Gasteiger partial charge in [-0.05, 0) is 55.6 Å². The van der Waals surface area contributed by atoms with Gasteiger partial charge in [0.05, 0.1) is 11.0 Å². The average Bonchev–Trinajstić information content (AvgIpc) is 3.03. The maximum absolute atomic E-state index is 14.9. The molecule has 4 aliphatic carbocycles. The van der Waals surface area contributed by atoms with Crippen molar-refractivity contribution in [1.29, 1.82) is 0 Å². The third-order valence-electron chi connectivity index (χ3n) is 9.82. The predicted molar refractivity (Wildman–Crippen MR) is 127 cm³/mol. The SMILES string of the molecule is CCCCC(=O)O[C@]1(C(=O)CF)C(C)C[C@H]2[C@@H]3CCC4=C(F)C(=O)C=C[C@]4(C)[C@@]3(Cl)C(O)C[C@@]21C. The molecule has 35 heavy (non-hydrogen) atoms. The number of hydrogen-bond acceptors (Lipinski definition) is 5. The van der Waals surface area contributed by atoms with E-state index < -0.39 is 63.4 Å². The Morgan fingerprint density at radius 3 is 2.60 bits per heavy atom. The number of aliphatic hydroxyl groups is 1. The smallest absolute Gasteiger partial charge is 0.306 e. The molecule has 3 saturated carbocycles. The fourth-order valence-corrected chi connectivity index (χ4v) is 8.64. The third-order valence-corrected chi connectivity index (χ3v) is 10.7. The highest BCUT2D eigenvalue weighted by atomic mass is 35.5. The van der Waals surface area contributed by atoms with E-state index in [1.807, 2.05) is 6.92 Å². The van der Waals surface area contributed by atoms with Crippen molar-refractivity contribution in [1.82, 2.24) is 0 Å². The van der Waals surface area contributed by atoms with Crippen LogP contribution in [0.1, 0.15) is 72.6 Å². The molecule has 194 valence electrons. The second-order valence-corrected chi connectivity index (χ2v) is 12.0. The molecule has 5 nitrogen and oxygen atoms in total. The van der Waals surface area contributed by atoms with E-state index in [0.29, 0.717) is 24.8 Å². The average molecular weight is 513 g/mol. The fraction of sp³-hybridized carbons (Fsp3) is 0.741. The number of carbonyl (C=O) groups is 3. The lowest BCUT2D eigenvalue weighted by Gasteiger charge is -2.64. The Hall–Kier alpha value is -1.60. The topological polar surface area (TPSA) is 80.7 Å². The first kappa shape index (κ1) is 26.5. The second-order valence-electron chi connectivity index (χ2n) is 11.4. The number of fused-ring (bicyclic) bond motifs is 5. The quantitative estimate of drug-likeness (QED) is 0.392. The molecule has 0 aliphatic heterocycles. The van der Waals surface area contributed by atoms with Gasteiger partial charge in [-0.25, -0.2) is 8.78 Å². The van der Waals surface area contributed by atoms with Crippen LogP contribution in [-0.2, 0) is 19.1 Å². The summed E-state index contributed by atoms with van der Waals surface area (Å²) < 4.78 is 34.9. The normalized spacial score (nSPS) is 44.5. The number of esters is 1. The number of allylic oxidation sites excluding steroid dienone is 4. The molecule has 1 N–H and O–H groups in total. The van der Waals surface area contributed by atoms with Crippen molar-refractivity contribution in [2.75, 3.05) is 6.67 Å². The Morgan fingerprint density at radius 2 is 1.97 bits per heavy atom. The van der Waals surface area contributed by atoms with Crippen LogP contribution in [0, 0.1) is 28.6 Å². The van der Waals surface area contributed by atoms with Gasteiger partial charge in [-0.15, -0.1) is 11.6 Å². The molecule has 0 spiro atoms. The lowest BCUT2D eigenvalue weighted by molar-refractivity contribution is -0.202. The van der Waals surface area contributed by atoms with Gasteiger partial charge in [0, 0.05) is 23.2 Å². The Bertz CT molecular complexity index is 1010. The Morgan fingerprint density at radius 1 is 1.29 bits per heavy atom. The summed E-state index contributed by atoms with van der Waals surface area (Å²) in [5, 5.41) is 11.6. The van der Waals surface area contributed by atoms with Crippen molar-refractivity contribution in [3.63, 3.8) is 0 Å². The summed E-state index contributed by atoms with van der Waals surface area (Å²) in [6, 6.07) is 0. The van der Waals surface area contributed by atoms with Crippen LogP contribution in [0.5, 0.6) is 0 Å². The Balaban J connectivity index is 1.82. The van der Waals surface area contributed by atoms with Crippen LogP contribution in [0.4, 0.5) is 8.78 Å². The molecule has 0 saturated heterocycles. The van der Waals surface area contributed by atoms with Crippen LogP contribution in [0.15, 0.2) is 23.6 Å². The van der Waals surface area contributed by atoms with Crippen molar-refractivity contribution in [2.24, 2.45) is 28.6 Å². The zero-order valence-corrected chi connectivity index (χ0v) is 21.6. The number of ether oxygens (including phenoxy) is 1. The Kier molecular flexibility index (Phi) is 6.62. The fourth-order valence-electron chi connectivity index (χ4n) is 8.13. The lowest BCUT2D eigenvalue weighted by atomic mass is 9.45. The summed E-state index contributed by atoms with van der Waals surface area (Å²) >= 11 is 7.33. The first-order valence-corrected chi connectivity index (χ1v) is 13.0. The molecule has 8 atom stereocenters. The molecule has 4 rings (SSSR count). The number of hydrogen-bond donors (Lipinski definition) is 1. The molecule has 8 heteroatoms. The molecule has 4 aliphatic rings. The molecule has 0 radical (unpaired) electrons. The van der Waals surface area contributed by atoms with Crippen LogP contribution in [0.3, 0.4) is 0 Å². The van der Waals surface area contributed by atoms with Crippen molar-refractivity contribution >= 4 is 29.1 Å². The van der Waals surface area contributed by atoms with Gasteiger partial charge in [0.15, 0.2) is 18.1 Å². The third kappa shape index (κ3) is 3.29. The number of ketones is 2. The van der Waals surface area contributed by atoms with Gasteiger partial charge in [0.2, 0.25) is 11.6 Å². The number of alkyl halides is 2. The molecule has 2 unspecified atom stereocenters. The minimum Gasteiger partial charge on any atom is -0.450 e. The van der Waals surface area contributed by atoms with Crippen molar-refractivity contribution in [3.8, 4) is 0 Å². The van der Waals surface area contributed by atoms with Crippen LogP contribution >= 0.6 is 11.6 Å².